The number of anilines is 3. The van der Waals surface area contributed by atoms with E-state index in [1.165, 1.54) is 150 Å². The number of nitrogens with zero attached hydrogens (tertiary/aromatic N) is 1. The molecule has 2 aliphatic heterocycles. The molecule has 14 aromatic carbocycles. The van der Waals surface area contributed by atoms with Crippen LogP contribution in [0.25, 0.3) is 77.5 Å². The number of hydrogen-bond donors (Lipinski definition) is 0. The molecule has 398 valence electrons. The first-order valence-corrected chi connectivity index (χ1v) is 30.2. The molecule has 14 aromatic rings. The van der Waals surface area contributed by atoms with Crippen molar-refractivity contribution in [2.24, 2.45) is 0 Å². The summed E-state index contributed by atoms with van der Waals surface area (Å²) in [5.41, 5.74) is 31.8. The molecule has 0 fully saturated rings. The van der Waals surface area contributed by atoms with Crippen molar-refractivity contribution in [3.63, 3.8) is 0 Å². The summed E-state index contributed by atoms with van der Waals surface area (Å²) < 4.78 is 0. The molecule has 0 atom stereocenters. The van der Waals surface area contributed by atoms with Crippen molar-refractivity contribution in [1.29, 1.82) is 0 Å². The van der Waals surface area contributed by atoms with Gasteiger partial charge in [-0.3, -0.25) is 0 Å². The Hall–Kier alpha value is -10.8. The van der Waals surface area contributed by atoms with Crippen molar-refractivity contribution in [2.75, 3.05) is 4.90 Å². The van der Waals surface area contributed by atoms with E-state index in [9.17, 15) is 0 Å². The van der Waals surface area contributed by atoms with Crippen LogP contribution in [-0.4, -0.2) is 6.71 Å². The molecule has 2 heteroatoms. The molecule has 0 radical (unpaired) electrons. The molecule has 4 aliphatic rings. The third-order valence-electron chi connectivity index (χ3n) is 19.6. The van der Waals surface area contributed by atoms with E-state index >= 15 is 0 Å². The van der Waals surface area contributed by atoms with Gasteiger partial charge in [-0.1, -0.05) is 320 Å². The van der Waals surface area contributed by atoms with Crippen LogP contribution in [0.2, 0.25) is 0 Å². The molecule has 0 saturated heterocycles. The number of fused-ring (bicyclic) bond motifs is 16. The van der Waals surface area contributed by atoms with Crippen molar-refractivity contribution < 1.29 is 0 Å². The highest BCUT2D eigenvalue weighted by Crippen LogP contribution is 2.65. The third-order valence-corrected chi connectivity index (χ3v) is 19.6. The Balaban J connectivity index is 0.923. The van der Waals surface area contributed by atoms with Crippen molar-refractivity contribution in [3.05, 3.63) is 372 Å². The van der Waals surface area contributed by atoms with Crippen LogP contribution >= 0.6 is 0 Å². The lowest BCUT2D eigenvalue weighted by Gasteiger charge is -2.46. The molecule has 0 bridgehead atoms. The summed E-state index contributed by atoms with van der Waals surface area (Å²) >= 11 is 0. The average molecular weight is 1090 g/mol. The van der Waals surface area contributed by atoms with Gasteiger partial charge in [0.05, 0.1) is 22.2 Å². The zero-order valence-electron chi connectivity index (χ0n) is 47.2. The first-order valence-electron chi connectivity index (χ1n) is 30.2. The van der Waals surface area contributed by atoms with Crippen molar-refractivity contribution >= 4 is 50.9 Å². The Kier molecular flexibility index (Phi) is 10.7. The van der Waals surface area contributed by atoms with Gasteiger partial charge in [0.2, 0.25) is 6.71 Å². The van der Waals surface area contributed by atoms with Crippen LogP contribution < -0.4 is 21.3 Å². The maximum absolute atomic E-state index is 2.61. The normalized spacial score (nSPS) is 14.0. The fourth-order valence-electron chi connectivity index (χ4n) is 16.4. The Morgan fingerprint density at radius 3 is 1.28 bits per heavy atom. The maximum Gasteiger partial charge on any atom is 0.244 e. The van der Waals surface area contributed by atoms with E-state index in [1.807, 2.05) is 0 Å². The molecule has 0 N–H and O–H groups in total. The Bertz CT molecular complexity index is 4920. The first kappa shape index (κ1) is 48.7. The minimum Gasteiger partial charge on any atom is -0.310 e. The molecule has 86 heavy (non-hydrogen) atoms. The Morgan fingerprint density at radius 1 is 0.244 bits per heavy atom. The molecule has 0 aromatic heterocycles. The van der Waals surface area contributed by atoms with Gasteiger partial charge in [0.1, 0.15) is 0 Å². The molecule has 2 aliphatic carbocycles. The van der Waals surface area contributed by atoms with E-state index in [4.69, 9.17) is 0 Å². The highest BCUT2D eigenvalue weighted by Gasteiger charge is 2.53. The quantitative estimate of drug-likeness (QED) is 0.144. The van der Waals surface area contributed by atoms with E-state index < -0.39 is 10.8 Å². The summed E-state index contributed by atoms with van der Waals surface area (Å²) in [6, 6.07) is 124. The van der Waals surface area contributed by atoms with Crippen molar-refractivity contribution in [3.8, 4) is 66.8 Å². The summed E-state index contributed by atoms with van der Waals surface area (Å²) in [7, 11) is 0. The van der Waals surface area contributed by atoms with E-state index in [0.717, 1.165) is 5.69 Å². The minimum atomic E-state index is -0.606. The minimum absolute atomic E-state index is 0.123. The standard InChI is InChI=1S/C84H54BN/c1-6-27-55(28-7-1)62-41-26-42-68-80-78(56-29-8-2-9-30-56)66-39-16-17-40-67(66)79(57-31-10-3-11-32-57)82(80)85(81(62)68)60-49-52-72-69(53-60)65-51-50-61(54-75(65)84(72)70-43-20-18-37-63(70)64-38-19-21-44-71(64)84)86-76-47-24-22-45-73(76)83(58-33-12-4-13-34-58,59-35-14-5-15-36-59)74-46-23-25-48-77(74)86/h1-54H. The predicted molar refractivity (Wildman–Crippen MR) is 360 cm³/mol. The van der Waals surface area contributed by atoms with Gasteiger partial charge >= 0.3 is 0 Å². The summed E-state index contributed by atoms with van der Waals surface area (Å²) in [6.45, 7) is -0.123. The monoisotopic (exact) mass is 1090 g/mol. The first-order chi connectivity index (χ1) is 42.7. The molecule has 18 rings (SSSR count). The lowest BCUT2D eigenvalue weighted by atomic mass is 9.37. The van der Waals surface area contributed by atoms with Crippen LogP contribution in [0.15, 0.2) is 328 Å². The van der Waals surface area contributed by atoms with Crippen LogP contribution in [0.4, 0.5) is 17.1 Å². The topological polar surface area (TPSA) is 3.24 Å². The zero-order valence-corrected chi connectivity index (χ0v) is 47.2. The van der Waals surface area contributed by atoms with E-state index in [0.29, 0.717) is 0 Å². The second-order valence-electron chi connectivity index (χ2n) is 23.6. The van der Waals surface area contributed by atoms with Gasteiger partial charge in [-0.25, -0.2) is 0 Å². The van der Waals surface area contributed by atoms with Crippen LogP contribution in [-0.2, 0) is 10.8 Å². The van der Waals surface area contributed by atoms with E-state index in [1.54, 1.807) is 0 Å². The molecule has 0 unspecified atom stereocenters. The number of hydrogen-bond acceptors (Lipinski definition) is 1. The zero-order chi connectivity index (χ0) is 56.5. The Labute approximate surface area is 502 Å². The summed E-state index contributed by atoms with van der Waals surface area (Å²) in [4.78, 5) is 2.56. The highest BCUT2D eigenvalue weighted by atomic mass is 15.2. The predicted octanol–water partition coefficient (Wildman–Crippen LogP) is 18.8. The van der Waals surface area contributed by atoms with Crippen molar-refractivity contribution in [2.45, 2.75) is 10.8 Å². The van der Waals surface area contributed by atoms with Gasteiger partial charge in [0, 0.05) is 5.69 Å². The van der Waals surface area contributed by atoms with Gasteiger partial charge in [0.25, 0.3) is 0 Å². The summed E-state index contributed by atoms with van der Waals surface area (Å²) in [6.07, 6.45) is 0. The lowest BCUT2D eigenvalue weighted by molar-refractivity contribution is 0.731. The van der Waals surface area contributed by atoms with Gasteiger partial charge in [0.15, 0.2) is 0 Å². The molecule has 1 spiro atoms. The second kappa shape index (κ2) is 18.9. The largest absolute Gasteiger partial charge is 0.310 e. The fraction of sp³-hybridized carbons (Fsp3) is 0.0238. The van der Waals surface area contributed by atoms with Crippen LogP contribution in [0.3, 0.4) is 0 Å². The van der Waals surface area contributed by atoms with E-state index in [-0.39, 0.29) is 6.71 Å². The summed E-state index contributed by atoms with van der Waals surface area (Å²) in [5.74, 6) is 0. The molecule has 0 saturated carbocycles. The van der Waals surface area contributed by atoms with Gasteiger partial charge < -0.3 is 4.90 Å². The average Bonchev–Trinajstić information content (AvgIpc) is 1.44. The molecular weight excluding hydrogens is 1030 g/mol. The molecule has 2 heterocycles. The fourth-order valence-corrected chi connectivity index (χ4v) is 16.4. The van der Waals surface area contributed by atoms with Crippen LogP contribution in [0.5, 0.6) is 0 Å². The lowest BCUT2D eigenvalue weighted by Crippen LogP contribution is -2.50. The number of para-hydroxylation sites is 2. The molecule has 1 nitrogen and oxygen atoms in total. The third kappa shape index (κ3) is 6.61. The van der Waals surface area contributed by atoms with Crippen LogP contribution in [0, 0.1) is 0 Å². The van der Waals surface area contributed by atoms with Gasteiger partial charge in [-0.05, 0) is 146 Å². The summed E-state index contributed by atoms with van der Waals surface area (Å²) in [5, 5.41) is 2.52. The molecule has 0 amide bonds. The Morgan fingerprint density at radius 2 is 0.686 bits per heavy atom. The smallest absolute Gasteiger partial charge is 0.244 e. The van der Waals surface area contributed by atoms with Gasteiger partial charge in [-0.15, -0.1) is 0 Å². The number of rotatable bonds is 7. The SMILES string of the molecule is c1ccc(-c2cccc3c2B(c2ccc4c(c2)-c2ccc(N5c6ccccc6C(c6ccccc6)(c6ccccc6)c6ccccc65)cc2C42c4ccccc4-c4ccccc42)c2c-3c(-c3ccccc3)c3ccccc3c2-c2ccccc2)cc1. The van der Waals surface area contributed by atoms with E-state index in [2.05, 4.69) is 332 Å². The van der Waals surface area contributed by atoms with Crippen LogP contribution in [0.1, 0.15) is 44.5 Å². The number of benzene rings is 14. The second-order valence-corrected chi connectivity index (χ2v) is 23.6. The van der Waals surface area contributed by atoms with Crippen molar-refractivity contribution in [1.82, 2.24) is 0 Å². The highest BCUT2D eigenvalue weighted by molar-refractivity contribution is 7.01. The maximum atomic E-state index is 2.61. The molecular formula is C84H54BN. The van der Waals surface area contributed by atoms with Gasteiger partial charge in [-0.2, -0.15) is 0 Å².